The third-order valence-corrected chi connectivity index (χ3v) is 13.9. The molecule has 4 saturated carbocycles. The van der Waals surface area contributed by atoms with E-state index in [4.69, 9.17) is 14.2 Å². The summed E-state index contributed by atoms with van der Waals surface area (Å²) in [7, 11) is 1.31. The van der Waals surface area contributed by atoms with E-state index >= 15 is 0 Å². The van der Waals surface area contributed by atoms with Gasteiger partial charge in [-0.3, -0.25) is 9.59 Å². The molecular weight excluding hydrogens is 520 g/mol. The van der Waals surface area contributed by atoms with E-state index < -0.39 is 41.9 Å². The Balaban J connectivity index is 1.23. The molecule has 6 fully saturated rings. The lowest BCUT2D eigenvalue weighted by Crippen LogP contribution is -2.62. The second kappa shape index (κ2) is 9.46. The minimum absolute atomic E-state index is 0.0358. The third kappa shape index (κ3) is 3.76. The van der Waals surface area contributed by atoms with Gasteiger partial charge in [0.2, 0.25) is 0 Å². The average molecular weight is 569 g/mol. The molecule has 0 bridgehead atoms. The van der Waals surface area contributed by atoms with Crippen molar-refractivity contribution < 1.29 is 33.7 Å². The van der Waals surface area contributed by atoms with Crippen LogP contribution in [0.1, 0.15) is 91.9 Å². The zero-order valence-electron chi connectivity index (χ0n) is 25.4. The molecule has 7 heteroatoms. The summed E-state index contributed by atoms with van der Waals surface area (Å²) in [4.78, 5) is 39.8. The van der Waals surface area contributed by atoms with E-state index in [0.717, 1.165) is 57.8 Å². The first kappa shape index (κ1) is 28.2. The molecular formula is C34H48O7. The summed E-state index contributed by atoms with van der Waals surface area (Å²) in [5.41, 5.74) is 1.22. The van der Waals surface area contributed by atoms with Gasteiger partial charge in [0.1, 0.15) is 30.2 Å². The van der Waals surface area contributed by atoms with Gasteiger partial charge in [0.05, 0.1) is 7.11 Å². The molecule has 41 heavy (non-hydrogen) atoms. The normalized spacial score (nSPS) is 53.9. The topological polar surface area (TPSA) is 102 Å². The first-order valence-electron chi connectivity index (χ1n) is 16.3. The number of ketones is 2. The minimum atomic E-state index is -1.07. The number of allylic oxidation sites excluding steroid dienone is 2. The molecule has 2 saturated heterocycles. The Hall–Kier alpha value is -1.57. The number of ether oxygens (including phenoxy) is 3. The van der Waals surface area contributed by atoms with E-state index in [0.29, 0.717) is 35.9 Å². The number of hydrogen-bond donors (Lipinski definition) is 1. The van der Waals surface area contributed by atoms with Gasteiger partial charge in [-0.05, 0) is 85.4 Å². The summed E-state index contributed by atoms with van der Waals surface area (Å²) in [6.45, 7) is 9.49. The Bertz CT molecular complexity index is 1180. The molecule has 0 aromatic heterocycles. The molecule has 7 aliphatic rings. The average Bonchev–Trinajstić information content (AvgIpc) is 3.76. The summed E-state index contributed by atoms with van der Waals surface area (Å²) < 4.78 is 16.6. The van der Waals surface area contributed by atoms with E-state index in [1.54, 1.807) is 0 Å². The van der Waals surface area contributed by atoms with Gasteiger partial charge in [0.15, 0.2) is 11.9 Å². The highest BCUT2D eigenvalue weighted by molar-refractivity contribution is 5.91. The van der Waals surface area contributed by atoms with E-state index in [9.17, 15) is 19.5 Å². The van der Waals surface area contributed by atoms with Crippen LogP contribution in [-0.2, 0) is 28.6 Å². The van der Waals surface area contributed by atoms with Gasteiger partial charge in [-0.1, -0.05) is 52.2 Å². The van der Waals surface area contributed by atoms with Crippen LogP contribution in [0.25, 0.3) is 0 Å². The largest absolute Gasteiger partial charge is 0.467 e. The molecule has 2 heterocycles. The fraction of sp³-hybridized carbons (Fsp3) is 0.853. The summed E-state index contributed by atoms with van der Waals surface area (Å²) in [5.74, 6) is 1.97. The van der Waals surface area contributed by atoms with Gasteiger partial charge in [0, 0.05) is 17.8 Å². The molecule has 5 aliphatic carbocycles. The Kier molecular flexibility index (Phi) is 6.51. The van der Waals surface area contributed by atoms with Crippen LogP contribution in [0.5, 0.6) is 0 Å². The lowest BCUT2D eigenvalue weighted by atomic mass is 9.38. The quantitative estimate of drug-likeness (QED) is 0.296. The van der Waals surface area contributed by atoms with E-state index in [-0.39, 0.29) is 28.4 Å². The summed E-state index contributed by atoms with van der Waals surface area (Å²) >= 11 is 0. The van der Waals surface area contributed by atoms with Crippen molar-refractivity contribution in [2.45, 2.75) is 122 Å². The number of epoxide rings is 1. The number of esters is 1. The molecule has 1 N–H and O–H groups in total. The van der Waals surface area contributed by atoms with Crippen LogP contribution in [0.2, 0.25) is 0 Å². The summed E-state index contributed by atoms with van der Waals surface area (Å²) in [6, 6.07) is 0. The summed E-state index contributed by atoms with van der Waals surface area (Å²) in [5, 5.41) is 11.2. The molecule has 226 valence electrons. The monoisotopic (exact) mass is 568 g/mol. The molecule has 2 aliphatic heterocycles. The fourth-order valence-electron chi connectivity index (χ4n) is 11.9. The molecule has 0 aromatic rings. The van der Waals surface area contributed by atoms with Gasteiger partial charge < -0.3 is 19.3 Å². The van der Waals surface area contributed by atoms with Crippen molar-refractivity contribution in [1.29, 1.82) is 0 Å². The molecule has 0 spiro atoms. The number of aliphatic hydroxyl groups excluding tert-OH is 1. The second-order valence-corrected chi connectivity index (χ2v) is 15.4. The second-order valence-electron chi connectivity index (χ2n) is 15.4. The predicted molar refractivity (Wildman–Crippen MR) is 151 cm³/mol. The maximum absolute atomic E-state index is 14.7. The van der Waals surface area contributed by atoms with E-state index in [2.05, 4.69) is 33.8 Å². The van der Waals surface area contributed by atoms with E-state index in [1.165, 1.54) is 12.7 Å². The van der Waals surface area contributed by atoms with E-state index in [1.807, 2.05) is 0 Å². The lowest BCUT2D eigenvalue weighted by Gasteiger charge is -2.66. The van der Waals surface area contributed by atoms with Crippen LogP contribution < -0.4 is 0 Å². The molecule has 7 nitrogen and oxygen atoms in total. The lowest BCUT2D eigenvalue weighted by molar-refractivity contribution is -0.182. The maximum atomic E-state index is 14.7. The summed E-state index contributed by atoms with van der Waals surface area (Å²) in [6.07, 6.45) is 7.96. The third-order valence-electron chi connectivity index (χ3n) is 13.9. The molecule has 14 atom stereocenters. The number of aliphatic hydroxyl groups is 1. The molecule has 0 amide bonds. The molecule has 0 radical (unpaired) electrons. The number of Topliss-reactive ketones (excluding diaryl/α,β-unsaturated/α-hetero) is 2. The highest BCUT2D eigenvalue weighted by Gasteiger charge is 2.67. The predicted octanol–water partition coefficient (Wildman–Crippen LogP) is 4.82. The van der Waals surface area contributed by atoms with Crippen molar-refractivity contribution in [3.63, 3.8) is 0 Å². The zero-order chi connectivity index (χ0) is 29.1. The Morgan fingerprint density at radius 3 is 2.51 bits per heavy atom. The van der Waals surface area contributed by atoms with Crippen LogP contribution in [0.4, 0.5) is 0 Å². The van der Waals surface area contributed by atoms with Crippen LogP contribution in [0.3, 0.4) is 0 Å². The number of fused-ring (bicyclic) bond motifs is 8. The van der Waals surface area contributed by atoms with Gasteiger partial charge in [-0.25, -0.2) is 4.79 Å². The number of carbonyl (C=O) groups excluding carboxylic acids is 3. The van der Waals surface area contributed by atoms with Gasteiger partial charge >= 0.3 is 5.97 Å². The smallest absolute Gasteiger partial charge is 0.337 e. The Morgan fingerprint density at radius 1 is 0.976 bits per heavy atom. The van der Waals surface area contributed by atoms with Crippen molar-refractivity contribution in [2.75, 3.05) is 7.11 Å². The van der Waals surface area contributed by atoms with Crippen LogP contribution in [0, 0.1) is 51.8 Å². The van der Waals surface area contributed by atoms with Gasteiger partial charge in [-0.2, -0.15) is 0 Å². The fourth-order valence-corrected chi connectivity index (χ4v) is 11.9. The molecule has 0 aromatic carbocycles. The number of hydrogen-bond acceptors (Lipinski definition) is 7. The van der Waals surface area contributed by atoms with Gasteiger partial charge in [-0.15, -0.1) is 0 Å². The van der Waals surface area contributed by atoms with Crippen molar-refractivity contribution in [1.82, 2.24) is 0 Å². The van der Waals surface area contributed by atoms with Crippen molar-refractivity contribution >= 4 is 17.5 Å². The standard InChI is InChI=1S/C34H48O7/c1-17-7-6-13-34(30(37)27-25(36)26-28(40-26)29(41-27)31(38)39-5)16-11-21-19(24(17)34)8-9-23-32(3)15-12-22(35)18(2)20(32)10-14-33(21,23)4/h8,17-18,20-21,23-29,36H,6-7,9-16H2,1-5H3. The van der Waals surface area contributed by atoms with Crippen LogP contribution in [0.15, 0.2) is 11.6 Å². The molecule has 7 rings (SSSR count). The zero-order valence-corrected chi connectivity index (χ0v) is 25.4. The highest BCUT2D eigenvalue weighted by atomic mass is 16.7. The number of rotatable bonds is 3. The first-order valence-corrected chi connectivity index (χ1v) is 16.3. The minimum Gasteiger partial charge on any atom is -0.467 e. The number of methoxy groups -OCH3 is 1. The molecule has 14 unspecified atom stereocenters. The highest BCUT2D eigenvalue weighted by Crippen LogP contribution is 2.70. The maximum Gasteiger partial charge on any atom is 0.337 e. The van der Waals surface area contributed by atoms with Gasteiger partial charge in [0.25, 0.3) is 0 Å². The van der Waals surface area contributed by atoms with Crippen molar-refractivity contribution in [2.24, 2.45) is 51.8 Å². The first-order chi connectivity index (χ1) is 19.5. The van der Waals surface area contributed by atoms with Crippen molar-refractivity contribution in [3.8, 4) is 0 Å². The Labute approximate surface area is 244 Å². The number of carbonyl (C=O) groups is 3. The van der Waals surface area contributed by atoms with Crippen LogP contribution in [-0.4, -0.2) is 60.3 Å². The SMILES string of the molecule is COC(=O)C1OC(C(=O)C23CCCC(C)C2C2=CCC4C(C)(CCC5C(C)C(=O)CCC54C)C2CC3)C(O)C2OC12. The van der Waals surface area contributed by atoms with Crippen molar-refractivity contribution in [3.05, 3.63) is 11.6 Å². The Morgan fingerprint density at radius 2 is 1.76 bits per heavy atom. The van der Waals surface area contributed by atoms with Crippen LogP contribution >= 0.6 is 0 Å².